The minimum absolute atomic E-state index is 0.0635. The molecular formula is C36H52O2. The summed E-state index contributed by atoms with van der Waals surface area (Å²) in [6.45, 7) is 17.1. The van der Waals surface area contributed by atoms with Gasteiger partial charge in [-0.1, -0.05) is 103 Å². The number of hydrogen-bond donors (Lipinski definition) is 0. The maximum atomic E-state index is 13.0. The largest absolute Gasteiger partial charge is 0.458 e. The van der Waals surface area contributed by atoms with Crippen LogP contribution in [0.3, 0.4) is 0 Å². The molecule has 4 aliphatic rings. The molecule has 2 heteroatoms. The average Bonchev–Trinajstić information content (AvgIpc) is 3.23. The first-order chi connectivity index (χ1) is 18.0. The number of carbonyl (C=O) groups excluding carboxylic acids is 1. The van der Waals surface area contributed by atoms with Gasteiger partial charge < -0.3 is 4.74 Å². The SMILES string of the molecule is CC(C)CCC[C@@H](C)C1=CC[C@H]2[C@@H]3CC=C4C(C)(C)C(OC(=O)c5ccccc5)CC[C@]4(C)[C@H]3CC[C@]12C. The number of esters is 1. The second-order valence-corrected chi connectivity index (χ2v) is 14.7. The molecule has 208 valence electrons. The Balaban J connectivity index is 1.33. The van der Waals surface area contributed by atoms with E-state index in [2.05, 4.69) is 60.6 Å². The van der Waals surface area contributed by atoms with E-state index in [0.29, 0.717) is 11.0 Å². The van der Waals surface area contributed by atoms with Crippen LogP contribution in [0.15, 0.2) is 53.6 Å². The highest BCUT2D eigenvalue weighted by Crippen LogP contribution is 2.68. The van der Waals surface area contributed by atoms with Crippen molar-refractivity contribution in [1.82, 2.24) is 0 Å². The predicted octanol–water partition coefficient (Wildman–Crippen LogP) is 9.81. The van der Waals surface area contributed by atoms with Crippen molar-refractivity contribution in [3.63, 3.8) is 0 Å². The van der Waals surface area contributed by atoms with Crippen molar-refractivity contribution in [2.24, 2.45) is 45.8 Å². The molecule has 0 heterocycles. The molecule has 0 aromatic heterocycles. The third-order valence-corrected chi connectivity index (χ3v) is 11.7. The second kappa shape index (κ2) is 10.3. The van der Waals surface area contributed by atoms with Crippen molar-refractivity contribution in [2.75, 3.05) is 0 Å². The second-order valence-electron chi connectivity index (χ2n) is 14.7. The van der Waals surface area contributed by atoms with Gasteiger partial charge in [0.05, 0.1) is 5.56 Å². The molecule has 1 aromatic rings. The summed E-state index contributed by atoms with van der Waals surface area (Å²) in [6.07, 6.45) is 16.5. The standard InChI is InChI=1S/C36H52O2/c1-24(2)12-11-13-25(3)28-17-18-29-27-16-19-31-34(4,5)32(38-33(37)26-14-9-8-10-15-26)21-23-36(31,7)30(27)20-22-35(28,29)6/h8-10,14-15,17,19,24-25,27,29-30,32H,11-13,16,18,20-23H2,1-7H3/t25-,27+,29+,30+,32?,35-,36-/m1/s1. The Kier molecular flexibility index (Phi) is 7.51. The van der Waals surface area contributed by atoms with Gasteiger partial charge in [-0.25, -0.2) is 4.79 Å². The quantitative estimate of drug-likeness (QED) is 0.266. The molecule has 0 aliphatic heterocycles. The van der Waals surface area contributed by atoms with Crippen LogP contribution in [-0.2, 0) is 4.74 Å². The molecule has 0 amide bonds. The molecule has 0 radical (unpaired) electrons. The maximum absolute atomic E-state index is 13.0. The zero-order valence-electron chi connectivity index (χ0n) is 25.2. The molecule has 2 fully saturated rings. The number of ether oxygens (including phenoxy) is 1. The molecule has 1 unspecified atom stereocenters. The molecule has 2 nitrogen and oxygen atoms in total. The van der Waals surface area contributed by atoms with Crippen LogP contribution in [0.5, 0.6) is 0 Å². The summed E-state index contributed by atoms with van der Waals surface area (Å²) in [6, 6.07) is 9.50. The highest BCUT2D eigenvalue weighted by molar-refractivity contribution is 5.89. The lowest BCUT2D eigenvalue weighted by Crippen LogP contribution is -2.55. The van der Waals surface area contributed by atoms with Gasteiger partial charge in [0, 0.05) is 5.41 Å². The zero-order chi connectivity index (χ0) is 27.3. The molecule has 0 N–H and O–H groups in total. The Morgan fingerprint density at radius 3 is 2.32 bits per heavy atom. The Bertz CT molecular complexity index is 1080. The summed E-state index contributed by atoms with van der Waals surface area (Å²) in [5.41, 5.74) is 4.49. The minimum Gasteiger partial charge on any atom is -0.458 e. The van der Waals surface area contributed by atoms with Crippen molar-refractivity contribution in [1.29, 1.82) is 0 Å². The minimum atomic E-state index is -0.179. The number of carbonyl (C=O) groups is 1. The van der Waals surface area contributed by atoms with E-state index in [9.17, 15) is 4.79 Å². The summed E-state index contributed by atoms with van der Waals surface area (Å²) in [4.78, 5) is 13.0. The normalized spacial score (nSPS) is 36.4. The smallest absolute Gasteiger partial charge is 0.338 e. The highest BCUT2D eigenvalue weighted by atomic mass is 16.5. The van der Waals surface area contributed by atoms with E-state index in [4.69, 9.17) is 4.74 Å². The first-order valence-corrected chi connectivity index (χ1v) is 15.7. The monoisotopic (exact) mass is 516 g/mol. The Morgan fingerprint density at radius 2 is 1.61 bits per heavy atom. The lowest BCUT2D eigenvalue weighted by Gasteiger charge is -2.61. The van der Waals surface area contributed by atoms with E-state index in [0.717, 1.165) is 42.4 Å². The predicted molar refractivity (Wildman–Crippen MR) is 158 cm³/mol. The van der Waals surface area contributed by atoms with Gasteiger partial charge in [-0.05, 0) is 97.5 Å². The number of hydrogen-bond acceptors (Lipinski definition) is 2. The molecule has 4 aliphatic carbocycles. The van der Waals surface area contributed by atoms with Crippen molar-refractivity contribution in [2.45, 2.75) is 112 Å². The van der Waals surface area contributed by atoms with Crippen LogP contribution in [0.2, 0.25) is 0 Å². The Labute approximate surface area is 232 Å². The van der Waals surface area contributed by atoms with Crippen molar-refractivity contribution in [3.05, 3.63) is 59.2 Å². The Hall–Kier alpha value is -1.83. The van der Waals surface area contributed by atoms with Gasteiger partial charge in [-0.2, -0.15) is 0 Å². The lowest BCUT2D eigenvalue weighted by atomic mass is 9.44. The van der Waals surface area contributed by atoms with Gasteiger partial charge in [0.1, 0.15) is 6.10 Å². The fourth-order valence-corrected chi connectivity index (χ4v) is 9.71. The molecule has 38 heavy (non-hydrogen) atoms. The van der Waals surface area contributed by atoms with E-state index in [1.807, 2.05) is 30.3 Å². The lowest BCUT2D eigenvalue weighted by molar-refractivity contribution is -0.0704. The molecule has 0 bridgehead atoms. The van der Waals surface area contributed by atoms with Crippen LogP contribution in [0.25, 0.3) is 0 Å². The average molecular weight is 517 g/mol. The molecule has 0 spiro atoms. The van der Waals surface area contributed by atoms with E-state index in [-0.39, 0.29) is 22.9 Å². The third-order valence-electron chi connectivity index (χ3n) is 11.7. The first kappa shape index (κ1) is 27.7. The fourth-order valence-electron chi connectivity index (χ4n) is 9.71. The van der Waals surface area contributed by atoms with Crippen molar-refractivity contribution < 1.29 is 9.53 Å². The van der Waals surface area contributed by atoms with Crippen molar-refractivity contribution >= 4 is 5.97 Å². The van der Waals surface area contributed by atoms with Crippen LogP contribution in [0, 0.1) is 45.8 Å². The topological polar surface area (TPSA) is 26.3 Å². The summed E-state index contributed by atoms with van der Waals surface area (Å²) < 4.78 is 6.21. The Morgan fingerprint density at radius 1 is 0.895 bits per heavy atom. The molecular weight excluding hydrogens is 464 g/mol. The summed E-state index contributed by atoms with van der Waals surface area (Å²) >= 11 is 0. The van der Waals surface area contributed by atoms with Crippen LogP contribution in [0.1, 0.15) is 117 Å². The van der Waals surface area contributed by atoms with Crippen LogP contribution in [0.4, 0.5) is 0 Å². The molecule has 1 aromatic carbocycles. The first-order valence-electron chi connectivity index (χ1n) is 15.7. The van der Waals surface area contributed by atoms with Gasteiger partial charge >= 0.3 is 5.97 Å². The van der Waals surface area contributed by atoms with E-state index < -0.39 is 0 Å². The summed E-state index contributed by atoms with van der Waals surface area (Å²) in [7, 11) is 0. The van der Waals surface area contributed by atoms with Gasteiger partial charge in [0.2, 0.25) is 0 Å². The molecule has 5 rings (SSSR count). The van der Waals surface area contributed by atoms with Crippen LogP contribution >= 0.6 is 0 Å². The van der Waals surface area contributed by atoms with E-state index in [1.54, 1.807) is 11.1 Å². The summed E-state index contributed by atoms with van der Waals surface area (Å²) in [5, 5.41) is 0. The number of rotatable bonds is 7. The number of allylic oxidation sites excluding steroid dienone is 3. The zero-order valence-corrected chi connectivity index (χ0v) is 25.2. The van der Waals surface area contributed by atoms with E-state index >= 15 is 0 Å². The maximum Gasteiger partial charge on any atom is 0.338 e. The van der Waals surface area contributed by atoms with Gasteiger partial charge in [0.25, 0.3) is 0 Å². The summed E-state index contributed by atoms with van der Waals surface area (Å²) in [5.74, 6) is 3.66. The molecule has 7 atom stereocenters. The van der Waals surface area contributed by atoms with Crippen LogP contribution < -0.4 is 0 Å². The highest BCUT2D eigenvalue weighted by Gasteiger charge is 2.60. The van der Waals surface area contributed by atoms with Gasteiger partial charge in [-0.3, -0.25) is 0 Å². The molecule has 2 saturated carbocycles. The number of fused-ring (bicyclic) bond motifs is 5. The fraction of sp³-hybridized carbons (Fsp3) is 0.694. The third kappa shape index (κ3) is 4.62. The van der Waals surface area contributed by atoms with Crippen molar-refractivity contribution in [3.8, 4) is 0 Å². The molecule has 0 saturated heterocycles. The van der Waals surface area contributed by atoms with Crippen LogP contribution in [-0.4, -0.2) is 12.1 Å². The van der Waals surface area contributed by atoms with Gasteiger partial charge in [0.15, 0.2) is 0 Å². The van der Waals surface area contributed by atoms with Gasteiger partial charge in [-0.15, -0.1) is 0 Å². The number of benzene rings is 1. The van der Waals surface area contributed by atoms with E-state index in [1.165, 1.54) is 44.9 Å².